The molecule has 0 aliphatic carbocycles. The molecule has 2 rings (SSSR count). The molecule has 0 amide bonds. The van der Waals surface area contributed by atoms with Gasteiger partial charge in [0.2, 0.25) is 0 Å². The highest BCUT2D eigenvalue weighted by Gasteiger charge is 2.18. The minimum absolute atomic E-state index is 0.156. The summed E-state index contributed by atoms with van der Waals surface area (Å²) in [5.74, 6) is 0. The maximum absolute atomic E-state index is 6.14. The molecule has 15 heavy (non-hydrogen) atoms. The Balaban J connectivity index is 1.81. The summed E-state index contributed by atoms with van der Waals surface area (Å²) in [6.07, 6.45) is 4.98. The number of thiophene rings is 1. The van der Waals surface area contributed by atoms with E-state index < -0.39 is 0 Å². The highest BCUT2D eigenvalue weighted by Crippen LogP contribution is 2.31. The molecule has 0 spiro atoms. The average molecular weight is 290 g/mol. The average Bonchev–Trinajstić information content (AvgIpc) is 2.84. The van der Waals surface area contributed by atoms with Crippen LogP contribution in [-0.4, -0.2) is 12.7 Å². The Morgan fingerprint density at radius 1 is 1.67 bits per heavy atom. The zero-order valence-corrected chi connectivity index (χ0v) is 11.0. The van der Waals surface area contributed by atoms with Gasteiger partial charge in [-0.05, 0) is 53.1 Å². The van der Waals surface area contributed by atoms with Crippen molar-refractivity contribution < 1.29 is 4.74 Å². The Labute approximate surface area is 103 Å². The van der Waals surface area contributed by atoms with Gasteiger partial charge in [-0.1, -0.05) is 0 Å². The molecule has 0 bridgehead atoms. The summed E-state index contributed by atoms with van der Waals surface area (Å²) in [6, 6.07) is 2.22. The van der Waals surface area contributed by atoms with Crippen LogP contribution in [0.4, 0.5) is 0 Å². The van der Waals surface area contributed by atoms with Gasteiger partial charge < -0.3 is 10.5 Å². The lowest BCUT2D eigenvalue weighted by atomic mass is 10.1. The first-order valence-electron chi connectivity index (χ1n) is 5.37. The monoisotopic (exact) mass is 289 g/mol. The van der Waals surface area contributed by atoms with Gasteiger partial charge in [0, 0.05) is 22.0 Å². The Morgan fingerprint density at radius 3 is 3.13 bits per heavy atom. The molecule has 4 heteroatoms. The summed E-state index contributed by atoms with van der Waals surface area (Å²) in [4.78, 5) is 1.26. The van der Waals surface area contributed by atoms with Gasteiger partial charge in [0.25, 0.3) is 0 Å². The second kappa shape index (κ2) is 5.43. The molecule has 2 unspecified atom stereocenters. The van der Waals surface area contributed by atoms with Crippen LogP contribution in [0.5, 0.6) is 0 Å². The van der Waals surface area contributed by atoms with Crippen molar-refractivity contribution in [3.63, 3.8) is 0 Å². The van der Waals surface area contributed by atoms with Crippen molar-refractivity contribution in [1.29, 1.82) is 0 Å². The maximum Gasteiger partial charge on any atom is 0.0576 e. The molecular weight excluding hydrogens is 274 g/mol. The molecule has 1 aromatic rings. The summed E-state index contributed by atoms with van der Waals surface area (Å²) >= 11 is 5.25. The zero-order chi connectivity index (χ0) is 10.7. The lowest BCUT2D eigenvalue weighted by Crippen LogP contribution is -2.13. The standard InChI is InChI=1S/C11H16BrNOS/c12-9-5-7-15-11(9)10(13)4-3-8-2-1-6-14-8/h5,7-8,10H,1-4,6,13H2. The summed E-state index contributed by atoms with van der Waals surface area (Å²) in [5, 5.41) is 2.07. The van der Waals surface area contributed by atoms with E-state index >= 15 is 0 Å². The molecule has 1 aliphatic heterocycles. The van der Waals surface area contributed by atoms with Crippen molar-refractivity contribution >= 4 is 27.3 Å². The topological polar surface area (TPSA) is 35.2 Å². The van der Waals surface area contributed by atoms with Crippen LogP contribution < -0.4 is 5.73 Å². The molecular formula is C11H16BrNOS. The lowest BCUT2D eigenvalue weighted by molar-refractivity contribution is 0.101. The van der Waals surface area contributed by atoms with E-state index in [1.807, 2.05) is 0 Å². The second-order valence-electron chi connectivity index (χ2n) is 3.95. The first kappa shape index (κ1) is 11.6. The molecule has 1 aromatic heterocycles. The zero-order valence-electron chi connectivity index (χ0n) is 8.62. The number of ether oxygens (including phenoxy) is 1. The number of nitrogens with two attached hydrogens (primary N) is 1. The van der Waals surface area contributed by atoms with Gasteiger partial charge in [-0.15, -0.1) is 11.3 Å². The third-order valence-corrected chi connectivity index (χ3v) is 4.81. The Morgan fingerprint density at radius 2 is 2.53 bits per heavy atom. The lowest BCUT2D eigenvalue weighted by Gasteiger charge is -2.13. The molecule has 1 fully saturated rings. The largest absolute Gasteiger partial charge is 0.378 e. The van der Waals surface area contributed by atoms with Crippen LogP contribution in [0.15, 0.2) is 15.9 Å². The van der Waals surface area contributed by atoms with Crippen LogP contribution in [0.3, 0.4) is 0 Å². The van der Waals surface area contributed by atoms with Gasteiger partial charge in [0.15, 0.2) is 0 Å². The molecule has 2 nitrogen and oxygen atoms in total. The third kappa shape index (κ3) is 3.03. The molecule has 2 heterocycles. The van der Waals surface area contributed by atoms with Gasteiger partial charge in [-0.25, -0.2) is 0 Å². The van der Waals surface area contributed by atoms with Crippen LogP contribution in [0.2, 0.25) is 0 Å². The van der Waals surface area contributed by atoms with E-state index in [-0.39, 0.29) is 6.04 Å². The summed E-state index contributed by atoms with van der Waals surface area (Å²) in [7, 11) is 0. The number of rotatable bonds is 4. The summed E-state index contributed by atoms with van der Waals surface area (Å²) < 4.78 is 6.73. The predicted molar refractivity (Wildman–Crippen MR) is 67.2 cm³/mol. The van der Waals surface area contributed by atoms with Gasteiger partial charge in [-0.3, -0.25) is 0 Å². The van der Waals surface area contributed by atoms with E-state index in [1.165, 1.54) is 17.7 Å². The molecule has 84 valence electrons. The maximum atomic E-state index is 6.14. The van der Waals surface area contributed by atoms with E-state index in [2.05, 4.69) is 27.4 Å². The van der Waals surface area contributed by atoms with Gasteiger partial charge in [0.05, 0.1) is 6.10 Å². The highest BCUT2D eigenvalue weighted by atomic mass is 79.9. The minimum Gasteiger partial charge on any atom is -0.378 e. The van der Waals surface area contributed by atoms with E-state index in [4.69, 9.17) is 10.5 Å². The highest BCUT2D eigenvalue weighted by molar-refractivity contribution is 9.10. The van der Waals surface area contributed by atoms with Crippen molar-refractivity contribution in [2.24, 2.45) is 5.73 Å². The quantitative estimate of drug-likeness (QED) is 0.921. The number of hydrogen-bond donors (Lipinski definition) is 1. The normalized spacial score (nSPS) is 23.2. The van der Waals surface area contributed by atoms with Gasteiger partial charge in [-0.2, -0.15) is 0 Å². The predicted octanol–water partition coefficient (Wildman–Crippen LogP) is 3.47. The fourth-order valence-corrected chi connectivity index (χ4v) is 3.64. The Kier molecular flexibility index (Phi) is 4.20. The van der Waals surface area contributed by atoms with Crippen molar-refractivity contribution in [2.45, 2.75) is 37.8 Å². The van der Waals surface area contributed by atoms with Crippen LogP contribution in [0, 0.1) is 0 Å². The molecule has 1 aliphatic rings. The number of hydrogen-bond acceptors (Lipinski definition) is 3. The molecule has 2 N–H and O–H groups in total. The van der Waals surface area contributed by atoms with E-state index in [0.717, 1.165) is 23.9 Å². The first-order chi connectivity index (χ1) is 7.27. The van der Waals surface area contributed by atoms with Crippen LogP contribution >= 0.6 is 27.3 Å². The minimum atomic E-state index is 0.156. The second-order valence-corrected chi connectivity index (χ2v) is 5.75. The fraction of sp³-hybridized carbons (Fsp3) is 0.636. The molecule has 2 atom stereocenters. The molecule has 0 radical (unpaired) electrons. The molecule has 0 saturated carbocycles. The third-order valence-electron chi connectivity index (χ3n) is 2.81. The van der Waals surface area contributed by atoms with E-state index in [1.54, 1.807) is 11.3 Å². The van der Waals surface area contributed by atoms with E-state index in [0.29, 0.717) is 6.10 Å². The van der Waals surface area contributed by atoms with E-state index in [9.17, 15) is 0 Å². The van der Waals surface area contributed by atoms with Gasteiger partial charge >= 0.3 is 0 Å². The van der Waals surface area contributed by atoms with Gasteiger partial charge in [0.1, 0.15) is 0 Å². The SMILES string of the molecule is NC(CCC1CCCO1)c1sccc1Br. The Bertz CT molecular complexity index is 309. The van der Waals surface area contributed by atoms with Crippen molar-refractivity contribution in [3.8, 4) is 0 Å². The molecule has 0 aromatic carbocycles. The van der Waals surface area contributed by atoms with Crippen LogP contribution in [-0.2, 0) is 4.74 Å². The molecule has 1 saturated heterocycles. The smallest absolute Gasteiger partial charge is 0.0576 e. The number of halogens is 1. The van der Waals surface area contributed by atoms with Crippen molar-refractivity contribution in [3.05, 3.63) is 20.8 Å². The van der Waals surface area contributed by atoms with Crippen molar-refractivity contribution in [1.82, 2.24) is 0 Å². The summed E-state index contributed by atoms with van der Waals surface area (Å²) in [5.41, 5.74) is 6.14. The van der Waals surface area contributed by atoms with Crippen molar-refractivity contribution in [2.75, 3.05) is 6.61 Å². The Hall–Kier alpha value is 0.100. The fourth-order valence-electron chi connectivity index (χ4n) is 1.94. The van der Waals surface area contributed by atoms with Crippen LogP contribution in [0.25, 0.3) is 0 Å². The van der Waals surface area contributed by atoms with Crippen LogP contribution in [0.1, 0.15) is 36.6 Å². The first-order valence-corrected chi connectivity index (χ1v) is 7.04. The summed E-state index contributed by atoms with van der Waals surface area (Å²) in [6.45, 7) is 0.933.